The minimum Gasteiger partial charge on any atom is -0.432 e. The summed E-state index contributed by atoms with van der Waals surface area (Å²) in [6, 6.07) is 5.49. The summed E-state index contributed by atoms with van der Waals surface area (Å²) in [5.41, 5.74) is -2.46. The monoisotopic (exact) mass is 596 g/mol. The fourth-order valence-electron chi connectivity index (χ4n) is 6.45. The van der Waals surface area contributed by atoms with E-state index >= 15 is 8.78 Å². The van der Waals surface area contributed by atoms with E-state index in [1.54, 1.807) is 0 Å². The summed E-state index contributed by atoms with van der Waals surface area (Å²) < 4.78 is 130. The van der Waals surface area contributed by atoms with Crippen LogP contribution in [0.4, 0.5) is 39.5 Å². The topological polar surface area (TPSA) is 18.5 Å². The Balaban J connectivity index is 1.36. The lowest BCUT2D eigenvalue weighted by Crippen LogP contribution is -2.38. The lowest BCUT2D eigenvalue weighted by Gasteiger charge is -2.39. The number of hydrogen-bond acceptors (Lipinski definition) is 2. The van der Waals surface area contributed by atoms with Crippen LogP contribution < -0.4 is 4.74 Å². The highest BCUT2D eigenvalue weighted by Crippen LogP contribution is 2.46. The predicted octanol–water partition coefficient (Wildman–Crippen LogP) is 10.6. The lowest BCUT2D eigenvalue weighted by atomic mass is 9.68. The quantitative estimate of drug-likeness (QED) is 0.268. The van der Waals surface area contributed by atoms with E-state index in [-0.39, 0.29) is 16.9 Å². The van der Waals surface area contributed by atoms with Gasteiger partial charge in [-0.2, -0.15) is 17.6 Å². The van der Waals surface area contributed by atoms with Crippen LogP contribution in [0.5, 0.6) is 5.75 Å². The fourth-order valence-corrected chi connectivity index (χ4v) is 6.45. The number of rotatable bonds is 9. The van der Waals surface area contributed by atoms with E-state index in [0.29, 0.717) is 36.8 Å². The van der Waals surface area contributed by atoms with Crippen molar-refractivity contribution in [3.8, 4) is 16.9 Å². The van der Waals surface area contributed by atoms with Crippen LogP contribution in [0, 0.1) is 35.3 Å². The predicted molar refractivity (Wildman–Crippen MR) is 134 cm³/mol. The SMILES string of the molecule is CCCC1CCC(C2CCC(C(F)(F)Oc3ccc(-c4cc(F)c(C(F)(F)OC(F)(F)F)c(F)c4)cc3)CC2)CC1. The number of benzene rings is 2. The molecule has 2 nitrogen and oxygen atoms in total. The molecule has 0 saturated heterocycles. The van der Waals surface area contributed by atoms with Crippen molar-refractivity contribution in [3.05, 3.63) is 53.6 Å². The van der Waals surface area contributed by atoms with Gasteiger partial charge in [0.05, 0.1) is 5.92 Å². The van der Waals surface area contributed by atoms with E-state index in [0.717, 1.165) is 30.9 Å². The molecule has 0 unspecified atom stereocenters. The van der Waals surface area contributed by atoms with Crippen LogP contribution in [0.15, 0.2) is 36.4 Å². The van der Waals surface area contributed by atoms with Crippen LogP contribution in [0.3, 0.4) is 0 Å². The van der Waals surface area contributed by atoms with Gasteiger partial charge in [-0.1, -0.05) is 44.7 Å². The molecule has 0 heterocycles. The average Bonchev–Trinajstić information content (AvgIpc) is 2.87. The molecule has 2 saturated carbocycles. The maximum absolute atomic E-state index is 15.0. The molecule has 41 heavy (non-hydrogen) atoms. The Morgan fingerprint density at radius 2 is 1.22 bits per heavy atom. The number of alkyl halides is 7. The molecule has 0 aromatic heterocycles. The first-order valence-electron chi connectivity index (χ1n) is 14.0. The van der Waals surface area contributed by atoms with Crippen LogP contribution in [0.25, 0.3) is 11.1 Å². The average molecular weight is 597 g/mol. The molecule has 0 bridgehead atoms. The molecule has 2 fully saturated rings. The van der Waals surface area contributed by atoms with Crippen molar-refractivity contribution in [1.29, 1.82) is 0 Å². The van der Waals surface area contributed by atoms with Gasteiger partial charge in [0, 0.05) is 0 Å². The second kappa shape index (κ2) is 12.4. The molecule has 0 aliphatic heterocycles. The van der Waals surface area contributed by atoms with Crippen LogP contribution in [-0.2, 0) is 10.8 Å². The molecule has 0 amide bonds. The zero-order chi connectivity index (χ0) is 30.0. The summed E-state index contributed by atoms with van der Waals surface area (Å²) in [5, 5.41) is 0. The largest absolute Gasteiger partial charge is 0.527 e. The Morgan fingerprint density at radius 1 is 0.707 bits per heavy atom. The van der Waals surface area contributed by atoms with Crippen molar-refractivity contribution >= 4 is 0 Å². The highest BCUT2D eigenvalue weighted by Gasteiger charge is 2.49. The maximum atomic E-state index is 15.0. The second-order valence-corrected chi connectivity index (χ2v) is 11.2. The Hall–Kier alpha value is -2.43. The van der Waals surface area contributed by atoms with Gasteiger partial charge in [0.15, 0.2) is 0 Å². The zero-order valence-corrected chi connectivity index (χ0v) is 22.6. The summed E-state index contributed by atoms with van der Waals surface area (Å²) in [6.45, 7) is 2.19. The zero-order valence-electron chi connectivity index (χ0n) is 22.6. The van der Waals surface area contributed by atoms with Gasteiger partial charge in [0.2, 0.25) is 0 Å². The van der Waals surface area contributed by atoms with Crippen molar-refractivity contribution in [2.45, 2.75) is 89.7 Å². The summed E-state index contributed by atoms with van der Waals surface area (Å²) in [6.07, 6.45) is -5.22. The number of hydrogen-bond donors (Lipinski definition) is 0. The summed E-state index contributed by atoms with van der Waals surface area (Å²) in [7, 11) is 0. The first-order chi connectivity index (χ1) is 19.2. The van der Waals surface area contributed by atoms with E-state index in [1.807, 2.05) is 0 Å². The minimum atomic E-state index is -5.84. The first kappa shape index (κ1) is 31.5. The third-order valence-corrected chi connectivity index (χ3v) is 8.52. The molecule has 2 aliphatic carbocycles. The van der Waals surface area contributed by atoms with Crippen molar-refractivity contribution < 1.29 is 49.0 Å². The summed E-state index contributed by atoms with van der Waals surface area (Å²) in [5.74, 6) is -3.24. The van der Waals surface area contributed by atoms with Crippen molar-refractivity contribution in [2.75, 3.05) is 0 Å². The van der Waals surface area contributed by atoms with E-state index < -0.39 is 41.7 Å². The van der Waals surface area contributed by atoms with Gasteiger partial charge in [-0.3, -0.25) is 0 Å². The van der Waals surface area contributed by atoms with E-state index in [4.69, 9.17) is 4.74 Å². The molecular formula is C30H33F9O2. The van der Waals surface area contributed by atoms with Gasteiger partial charge in [0.1, 0.15) is 22.9 Å². The normalized spacial score (nSPS) is 24.3. The highest BCUT2D eigenvalue weighted by molar-refractivity contribution is 5.65. The summed E-state index contributed by atoms with van der Waals surface area (Å²) in [4.78, 5) is 0. The second-order valence-electron chi connectivity index (χ2n) is 11.2. The smallest absolute Gasteiger partial charge is 0.432 e. The van der Waals surface area contributed by atoms with Gasteiger partial charge >= 0.3 is 18.6 Å². The van der Waals surface area contributed by atoms with Gasteiger partial charge in [-0.15, -0.1) is 13.2 Å². The molecule has 2 aromatic rings. The molecule has 4 rings (SSSR count). The van der Waals surface area contributed by atoms with Crippen LogP contribution in [-0.4, -0.2) is 12.5 Å². The van der Waals surface area contributed by atoms with E-state index in [1.165, 1.54) is 50.7 Å². The Labute approximate surface area is 233 Å². The minimum absolute atomic E-state index is 0.0410. The van der Waals surface area contributed by atoms with Crippen LogP contribution in [0.2, 0.25) is 0 Å². The molecule has 11 heteroatoms. The Morgan fingerprint density at radius 3 is 1.71 bits per heavy atom. The Kier molecular flexibility index (Phi) is 9.55. The molecule has 0 atom stereocenters. The number of halogens is 9. The molecule has 0 spiro atoms. The third kappa shape index (κ3) is 7.90. The standard InChI is InChI=1S/C30H33F9O2/c1-2-3-18-4-6-19(7-5-18)20-8-12-23(13-9-20)28(33,34)40-24-14-10-21(11-15-24)22-16-25(31)27(26(32)17-22)29(35,36)41-30(37,38)39/h10-11,14-20,23H,2-9,12-13H2,1H3. The fraction of sp³-hybridized carbons (Fsp3) is 0.600. The van der Waals surface area contributed by atoms with Crippen molar-refractivity contribution in [1.82, 2.24) is 0 Å². The van der Waals surface area contributed by atoms with Gasteiger partial charge in [-0.05, 0) is 91.7 Å². The van der Waals surface area contributed by atoms with Crippen molar-refractivity contribution in [2.24, 2.45) is 23.7 Å². The molecule has 2 aliphatic rings. The highest BCUT2D eigenvalue weighted by atomic mass is 19.4. The van der Waals surface area contributed by atoms with Crippen LogP contribution in [0.1, 0.15) is 76.7 Å². The van der Waals surface area contributed by atoms with Crippen LogP contribution >= 0.6 is 0 Å². The molecule has 0 radical (unpaired) electrons. The van der Waals surface area contributed by atoms with Gasteiger partial charge in [0.25, 0.3) is 0 Å². The van der Waals surface area contributed by atoms with E-state index in [9.17, 15) is 30.7 Å². The molecule has 228 valence electrons. The van der Waals surface area contributed by atoms with E-state index in [2.05, 4.69) is 11.7 Å². The first-order valence-corrected chi connectivity index (χ1v) is 14.0. The number of ether oxygens (including phenoxy) is 2. The Bertz CT molecular complexity index is 1120. The lowest BCUT2D eigenvalue weighted by molar-refractivity contribution is -0.432. The third-order valence-electron chi connectivity index (χ3n) is 8.52. The van der Waals surface area contributed by atoms with Crippen molar-refractivity contribution in [3.63, 3.8) is 0 Å². The molecule has 2 aromatic carbocycles. The van der Waals surface area contributed by atoms with Gasteiger partial charge in [-0.25, -0.2) is 13.5 Å². The summed E-state index contributed by atoms with van der Waals surface area (Å²) >= 11 is 0. The maximum Gasteiger partial charge on any atom is 0.527 e. The molecule has 0 N–H and O–H groups in total. The molecular weight excluding hydrogens is 563 g/mol. The van der Waals surface area contributed by atoms with Gasteiger partial charge < -0.3 is 4.74 Å².